The third-order valence-electron chi connectivity index (χ3n) is 2.75. The highest BCUT2D eigenvalue weighted by Gasteiger charge is 2.31. The summed E-state index contributed by atoms with van der Waals surface area (Å²) in [6.07, 6.45) is 1.38. The summed E-state index contributed by atoms with van der Waals surface area (Å²) in [6, 6.07) is 1.73. The molecule has 0 radical (unpaired) electrons. The molecule has 1 aliphatic rings. The molecule has 2 unspecified atom stereocenters. The van der Waals surface area contributed by atoms with Crippen LogP contribution in [0.2, 0.25) is 0 Å². The Kier molecular flexibility index (Phi) is 5.23. The lowest BCUT2D eigenvalue weighted by atomic mass is 10.0. The second-order valence-corrected chi connectivity index (χ2v) is 3.91. The summed E-state index contributed by atoms with van der Waals surface area (Å²) in [7, 11) is 0. The van der Waals surface area contributed by atoms with Crippen LogP contribution in [-0.4, -0.2) is 48.3 Å². The maximum Gasteiger partial charge on any atom is 0.240 e. The lowest BCUT2D eigenvalue weighted by Gasteiger charge is -2.35. The normalized spacial score (nSPS) is 22.6. The zero-order chi connectivity index (χ0) is 12.0. The number of nitriles is 1. The van der Waals surface area contributed by atoms with E-state index in [9.17, 15) is 4.79 Å². The van der Waals surface area contributed by atoms with Crippen LogP contribution in [0.4, 0.5) is 0 Å². The molecule has 0 aliphatic carbocycles. The largest absolute Gasteiger partial charge is 0.394 e. The fraction of sp³-hybridized carbons (Fsp3) is 0.818. The number of hydrogen-bond donors (Lipinski definition) is 1. The Morgan fingerprint density at radius 1 is 1.75 bits per heavy atom. The summed E-state index contributed by atoms with van der Waals surface area (Å²) in [4.78, 5) is 13.6. The number of rotatable bonds is 4. The number of amides is 1. The van der Waals surface area contributed by atoms with Gasteiger partial charge in [-0.05, 0) is 6.42 Å². The summed E-state index contributed by atoms with van der Waals surface area (Å²) < 4.78 is 5.19. The number of aliphatic hydroxyl groups excluding tert-OH is 1. The van der Waals surface area contributed by atoms with Crippen molar-refractivity contribution in [3.8, 4) is 6.07 Å². The Balaban J connectivity index is 2.66. The van der Waals surface area contributed by atoms with E-state index in [-0.39, 0.29) is 18.6 Å². The van der Waals surface area contributed by atoms with Gasteiger partial charge < -0.3 is 14.7 Å². The van der Waals surface area contributed by atoms with Gasteiger partial charge in [-0.25, -0.2) is 0 Å². The van der Waals surface area contributed by atoms with Crippen LogP contribution >= 0.6 is 0 Å². The van der Waals surface area contributed by atoms with Crippen molar-refractivity contribution in [1.29, 1.82) is 5.26 Å². The smallest absolute Gasteiger partial charge is 0.240 e. The van der Waals surface area contributed by atoms with E-state index in [1.54, 1.807) is 4.90 Å². The number of carbonyl (C=O) groups is 1. The highest BCUT2D eigenvalue weighted by molar-refractivity contribution is 5.81. The first-order valence-corrected chi connectivity index (χ1v) is 5.63. The molecule has 90 valence electrons. The van der Waals surface area contributed by atoms with E-state index in [4.69, 9.17) is 15.1 Å². The Labute approximate surface area is 95.6 Å². The minimum absolute atomic E-state index is 0.115. The standard InChI is InChI=1S/C11H18N2O3/c1-2-3-9(6-12)11(15)13-4-5-16-8-10(13)7-14/h9-10,14H,2-5,7-8H2,1H3. The lowest BCUT2D eigenvalue weighted by Crippen LogP contribution is -2.52. The fourth-order valence-electron chi connectivity index (χ4n) is 1.83. The first-order chi connectivity index (χ1) is 7.74. The number of aliphatic hydroxyl groups is 1. The minimum Gasteiger partial charge on any atom is -0.394 e. The van der Waals surface area contributed by atoms with E-state index < -0.39 is 5.92 Å². The minimum atomic E-state index is -0.586. The molecule has 0 aromatic heterocycles. The van der Waals surface area contributed by atoms with E-state index in [1.165, 1.54) is 0 Å². The highest BCUT2D eigenvalue weighted by atomic mass is 16.5. The number of ether oxygens (including phenoxy) is 1. The summed E-state index contributed by atoms with van der Waals surface area (Å²) >= 11 is 0. The first kappa shape index (κ1) is 12.9. The first-order valence-electron chi connectivity index (χ1n) is 5.63. The molecule has 0 saturated carbocycles. The SMILES string of the molecule is CCCC(C#N)C(=O)N1CCOCC1CO. The van der Waals surface area contributed by atoms with Crippen LogP contribution in [0.1, 0.15) is 19.8 Å². The quantitative estimate of drug-likeness (QED) is 0.740. The molecule has 0 aromatic carbocycles. The molecule has 1 rings (SSSR count). The molecule has 1 amide bonds. The van der Waals surface area contributed by atoms with Crippen molar-refractivity contribution < 1.29 is 14.6 Å². The summed E-state index contributed by atoms with van der Waals surface area (Å²) in [6.45, 7) is 3.13. The molecule has 5 heteroatoms. The van der Waals surface area contributed by atoms with Crippen molar-refractivity contribution in [2.45, 2.75) is 25.8 Å². The molecule has 1 N–H and O–H groups in total. The predicted octanol–water partition coefficient (Wildman–Crippen LogP) is 0.146. The van der Waals surface area contributed by atoms with Crippen molar-refractivity contribution in [2.75, 3.05) is 26.4 Å². The van der Waals surface area contributed by atoms with Crippen LogP contribution in [0.3, 0.4) is 0 Å². The lowest BCUT2D eigenvalue weighted by molar-refractivity contribution is -0.144. The third kappa shape index (κ3) is 2.94. The number of carbonyl (C=O) groups excluding carboxylic acids is 1. The number of hydrogen-bond acceptors (Lipinski definition) is 4. The number of morpholine rings is 1. The molecule has 0 bridgehead atoms. The maximum absolute atomic E-state index is 12.0. The molecule has 1 saturated heterocycles. The summed E-state index contributed by atoms with van der Waals surface area (Å²) in [5.74, 6) is -0.760. The van der Waals surface area contributed by atoms with E-state index in [1.807, 2.05) is 13.0 Å². The van der Waals surface area contributed by atoms with Crippen LogP contribution in [-0.2, 0) is 9.53 Å². The molecule has 1 fully saturated rings. The zero-order valence-electron chi connectivity index (χ0n) is 9.56. The molecule has 2 atom stereocenters. The third-order valence-corrected chi connectivity index (χ3v) is 2.75. The van der Waals surface area contributed by atoms with Crippen molar-refractivity contribution in [3.05, 3.63) is 0 Å². The average molecular weight is 226 g/mol. The predicted molar refractivity (Wildman–Crippen MR) is 57.4 cm³/mol. The molecule has 0 aromatic rings. The molecule has 16 heavy (non-hydrogen) atoms. The topological polar surface area (TPSA) is 73.6 Å². The second kappa shape index (κ2) is 6.46. The Hall–Kier alpha value is -1.12. The monoisotopic (exact) mass is 226 g/mol. The average Bonchev–Trinajstić information content (AvgIpc) is 2.35. The van der Waals surface area contributed by atoms with Gasteiger partial charge in [0, 0.05) is 6.54 Å². The molecule has 0 spiro atoms. The van der Waals surface area contributed by atoms with E-state index in [0.717, 1.165) is 6.42 Å². The van der Waals surface area contributed by atoms with E-state index in [0.29, 0.717) is 26.2 Å². The number of nitrogens with zero attached hydrogens (tertiary/aromatic N) is 2. The van der Waals surface area contributed by atoms with Crippen LogP contribution in [0, 0.1) is 17.2 Å². The van der Waals surface area contributed by atoms with Gasteiger partial charge in [-0.3, -0.25) is 4.79 Å². The van der Waals surface area contributed by atoms with Crippen LogP contribution in [0.15, 0.2) is 0 Å². The van der Waals surface area contributed by atoms with Crippen LogP contribution in [0.25, 0.3) is 0 Å². The van der Waals surface area contributed by atoms with Gasteiger partial charge in [-0.15, -0.1) is 0 Å². The van der Waals surface area contributed by atoms with Crippen LogP contribution in [0.5, 0.6) is 0 Å². The molecule has 1 heterocycles. The van der Waals surface area contributed by atoms with Gasteiger partial charge >= 0.3 is 0 Å². The van der Waals surface area contributed by atoms with Gasteiger partial charge in [0.2, 0.25) is 5.91 Å². The Morgan fingerprint density at radius 3 is 3.06 bits per heavy atom. The van der Waals surface area contributed by atoms with Crippen molar-refractivity contribution in [3.63, 3.8) is 0 Å². The van der Waals surface area contributed by atoms with Gasteiger partial charge in [0.1, 0.15) is 5.92 Å². The second-order valence-electron chi connectivity index (χ2n) is 3.91. The van der Waals surface area contributed by atoms with Crippen LogP contribution < -0.4 is 0 Å². The van der Waals surface area contributed by atoms with E-state index in [2.05, 4.69) is 0 Å². The Bertz CT molecular complexity index is 275. The van der Waals surface area contributed by atoms with Gasteiger partial charge in [0.25, 0.3) is 0 Å². The van der Waals surface area contributed by atoms with Gasteiger partial charge in [0.05, 0.1) is 31.9 Å². The summed E-state index contributed by atoms with van der Waals surface area (Å²) in [5.41, 5.74) is 0. The molecule has 1 aliphatic heterocycles. The van der Waals surface area contributed by atoms with Crippen molar-refractivity contribution in [1.82, 2.24) is 4.90 Å². The molecule has 5 nitrogen and oxygen atoms in total. The van der Waals surface area contributed by atoms with E-state index >= 15 is 0 Å². The molecular weight excluding hydrogens is 208 g/mol. The zero-order valence-corrected chi connectivity index (χ0v) is 9.56. The van der Waals surface area contributed by atoms with Crippen molar-refractivity contribution >= 4 is 5.91 Å². The van der Waals surface area contributed by atoms with Gasteiger partial charge in [0.15, 0.2) is 0 Å². The molecular formula is C11H18N2O3. The highest BCUT2D eigenvalue weighted by Crippen LogP contribution is 2.14. The fourth-order valence-corrected chi connectivity index (χ4v) is 1.83. The van der Waals surface area contributed by atoms with Gasteiger partial charge in [-0.1, -0.05) is 13.3 Å². The van der Waals surface area contributed by atoms with Crippen molar-refractivity contribution in [2.24, 2.45) is 5.92 Å². The summed E-state index contributed by atoms with van der Waals surface area (Å²) in [5, 5.41) is 18.1. The Morgan fingerprint density at radius 2 is 2.50 bits per heavy atom. The van der Waals surface area contributed by atoms with Gasteiger partial charge in [-0.2, -0.15) is 5.26 Å². The maximum atomic E-state index is 12.0.